The van der Waals surface area contributed by atoms with Gasteiger partial charge in [-0.3, -0.25) is 9.59 Å². The highest BCUT2D eigenvalue weighted by Gasteiger charge is 2.29. The lowest BCUT2D eigenvalue weighted by atomic mass is 10.1. The molecule has 1 heterocycles. The van der Waals surface area contributed by atoms with Crippen LogP contribution in [0.15, 0.2) is 71.6 Å². The number of aryl methyl sites for hydroxylation is 2. The van der Waals surface area contributed by atoms with Crippen LogP contribution in [0.2, 0.25) is 0 Å². The molecule has 1 aliphatic rings. The van der Waals surface area contributed by atoms with Crippen LogP contribution in [0.4, 0.5) is 11.4 Å². The third kappa shape index (κ3) is 5.61. The van der Waals surface area contributed by atoms with Gasteiger partial charge in [-0.15, -0.1) is 0 Å². The minimum Gasteiger partial charge on any atom is -0.325 e. The predicted molar refractivity (Wildman–Crippen MR) is 137 cm³/mol. The summed E-state index contributed by atoms with van der Waals surface area (Å²) in [5.74, 6) is -0.520. The average Bonchev–Trinajstić information content (AvgIpc) is 3.25. The molecule has 35 heavy (non-hydrogen) atoms. The number of anilines is 2. The Balaban J connectivity index is 1.60. The maximum absolute atomic E-state index is 13.3. The van der Waals surface area contributed by atoms with Gasteiger partial charge >= 0.3 is 0 Å². The van der Waals surface area contributed by atoms with Crippen molar-refractivity contribution in [3.63, 3.8) is 0 Å². The number of fused-ring (bicyclic) bond motifs is 1. The molecule has 0 aromatic heterocycles. The summed E-state index contributed by atoms with van der Waals surface area (Å²) < 4.78 is 29.3. The molecule has 3 aromatic rings. The van der Waals surface area contributed by atoms with Crippen LogP contribution in [0.3, 0.4) is 0 Å². The molecule has 0 unspecified atom stereocenters. The summed E-state index contributed by atoms with van der Waals surface area (Å²) in [6.07, 6.45) is 0.777. The maximum Gasteiger partial charge on any atom is 0.242 e. The van der Waals surface area contributed by atoms with E-state index in [-0.39, 0.29) is 17.2 Å². The molecule has 2 amide bonds. The van der Waals surface area contributed by atoms with Crippen molar-refractivity contribution in [2.75, 3.05) is 16.8 Å². The standard InChI is InChI=1S/C27H29N3O4S/c1-18-9-10-23(15-19(18)2)28-27(32)25(16-21-7-5-4-6-8-21)29-35(33,34)24-11-12-26-22(17-24)13-14-30(26)20(3)31/h4-12,15,17,25,29H,13-14,16H2,1-3H3,(H,28,32)/t25-/m1/s1. The van der Waals surface area contributed by atoms with Crippen LogP contribution in [-0.4, -0.2) is 32.8 Å². The van der Waals surface area contributed by atoms with Crippen molar-refractivity contribution in [3.8, 4) is 0 Å². The van der Waals surface area contributed by atoms with Crippen molar-refractivity contribution in [1.29, 1.82) is 0 Å². The molecule has 3 aromatic carbocycles. The highest BCUT2D eigenvalue weighted by Crippen LogP contribution is 2.30. The minimum absolute atomic E-state index is 0.0682. The van der Waals surface area contributed by atoms with Gasteiger partial charge in [-0.1, -0.05) is 36.4 Å². The van der Waals surface area contributed by atoms with Gasteiger partial charge in [-0.2, -0.15) is 4.72 Å². The maximum atomic E-state index is 13.3. The molecule has 2 N–H and O–H groups in total. The second-order valence-corrected chi connectivity index (χ2v) is 10.6. The van der Waals surface area contributed by atoms with Gasteiger partial charge in [-0.05, 0) is 79.3 Å². The van der Waals surface area contributed by atoms with E-state index in [0.29, 0.717) is 18.7 Å². The summed E-state index contributed by atoms with van der Waals surface area (Å²) in [4.78, 5) is 26.8. The second-order valence-electron chi connectivity index (χ2n) is 8.86. The van der Waals surface area contributed by atoms with E-state index in [1.165, 1.54) is 13.0 Å². The first-order valence-electron chi connectivity index (χ1n) is 11.5. The molecular weight excluding hydrogens is 462 g/mol. The first-order chi connectivity index (χ1) is 16.6. The van der Waals surface area contributed by atoms with Crippen molar-refractivity contribution in [2.24, 2.45) is 0 Å². The Morgan fingerprint density at radius 3 is 2.40 bits per heavy atom. The van der Waals surface area contributed by atoms with Gasteiger partial charge < -0.3 is 10.2 Å². The average molecular weight is 492 g/mol. The van der Waals surface area contributed by atoms with E-state index >= 15 is 0 Å². The molecule has 4 rings (SSSR count). The Morgan fingerprint density at radius 2 is 1.71 bits per heavy atom. The molecule has 0 radical (unpaired) electrons. The van der Waals surface area contributed by atoms with Crippen LogP contribution >= 0.6 is 0 Å². The smallest absolute Gasteiger partial charge is 0.242 e. The molecule has 0 saturated heterocycles. The molecule has 1 atom stereocenters. The normalized spacial score (nSPS) is 13.9. The van der Waals surface area contributed by atoms with Gasteiger partial charge in [0, 0.05) is 24.8 Å². The van der Waals surface area contributed by atoms with E-state index < -0.39 is 22.0 Å². The number of hydrogen-bond acceptors (Lipinski definition) is 4. The highest BCUT2D eigenvalue weighted by molar-refractivity contribution is 7.89. The largest absolute Gasteiger partial charge is 0.325 e. The Morgan fingerprint density at radius 1 is 0.971 bits per heavy atom. The van der Waals surface area contributed by atoms with E-state index in [2.05, 4.69) is 10.0 Å². The van der Waals surface area contributed by atoms with Gasteiger partial charge in [-0.25, -0.2) is 8.42 Å². The van der Waals surface area contributed by atoms with Crippen molar-refractivity contribution in [3.05, 3.63) is 89.0 Å². The molecular formula is C27H29N3O4S. The molecule has 8 heteroatoms. The number of sulfonamides is 1. The van der Waals surface area contributed by atoms with Crippen LogP contribution in [0.5, 0.6) is 0 Å². The fraction of sp³-hybridized carbons (Fsp3) is 0.259. The van der Waals surface area contributed by atoms with Gasteiger partial charge in [0.1, 0.15) is 6.04 Å². The summed E-state index contributed by atoms with van der Waals surface area (Å²) >= 11 is 0. The van der Waals surface area contributed by atoms with Gasteiger partial charge in [0.05, 0.1) is 4.90 Å². The van der Waals surface area contributed by atoms with E-state index in [0.717, 1.165) is 27.9 Å². The van der Waals surface area contributed by atoms with Crippen molar-refractivity contribution in [1.82, 2.24) is 4.72 Å². The summed E-state index contributed by atoms with van der Waals surface area (Å²) in [5, 5.41) is 2.85. The van der Waals surface area contributed by atoms with Gasteiger partial charge in [0.2, 0.25) is 21.8 Å². The zero-order chi connectivity index (χ0) is 25.2. The first-order valence-corrected chi connectivity index (χ1v) is 13.0. The minimum atomic E-state index is -4.01. The Bertz CT molecular complexity index is 1370. The Hall–Kier alpha value is -3.49. The van der Waals surface area contributed by atoms with E-state index in [9.17, 15) is 18.0 Å². The number of rotatable bonds is 7. The number of hydrogen-bond donors (Lipinski definition) is 2. The Kier molecular flexibility index (Phi) is 7.05. The second kappa shape index (κ2) is 10.0. The van der Waals surface area contributed by atoms with Gasteiger partial charge in [0.15, 0.2) is 0 Å². The summed E-state index contributed by atoms with van der Waals surface area (Å²) in [6.45, 7) is 5.95. The van der Waals surface area contributed by atoms with Gasteiger partial charge in [0.25, 0.3) is 0 Å². The van der Waals surface area contributed by atoms with Crippen LogP contribution < -0.4 is 14.9 Å². The number of benzene rings is 3. The zero-order valence-electron chi connectivity index (χ0n) is 20.0. The van der Waals surface area contributed by atoms with Crippen LogP contribution in [0.1, 0.15) is 29.2 Å². The quantitative estimate of drug-likeness (QED) is 0.526. The number of amides is 2. The fourth-order valence-corrected chi connectivity index (χ4v) is 5.46. The lowest BCUT2D eigenvalue weighted by Crippen LogP contribution is -2.45. The molecule has 7 nitrogen and oxygen atoms in total. The lowest BCUT2D eigenvalue weighted by molar-refractivity contribution is -0.118. The number of nitrogens with zero attached hydrogens (tertiary/aromatic N) is 1. The van der Waals surface area contributed by atoms with Crippen LogP contribution in [-0.2, 0) is 32.5 Å². The summed E-state index contributed by atoms with van der Waals surface area (Å²) in [7, 11) is -4.01. The highest BCUT2D eigenvalue weighted by atomic mass is 32.2. The lowest BCUT2D eigenvalue weighted by Gasteiger charge is -2.20. The predicted octanol–water partition coefficient (Wildman–Crippen LogP) is 3.74. The summed E-state index contributed by atoms with van der Waals surface area (Å²) in [5.41, 5.74) is 5.09. The molecule has 0 spiro atoms. The number of carbonyl (C=O) groups is 2. The van der Waals surface area contributed by atoms with E-state index in [1.807, 2.05) is 56.3 Å². The SMILES string of the molecule is CC(=O)N1CCc2cc(S(=O)(=O)N[C@H](Cc3ccccc3)C(=O)Nc3ccc(C)c(C)c3)ccc21. The molecule has 0 fully saturated rings. The molecule has 0 bridgehead atoms. The molecule has 1 aliphatic heterocycles. The van der Waals surface area contributed by atoms with Crippen molar-refractivity contribution >= 4 is 33.2 Å². The molecule has 182 valence electrons. The number of nitrogens with one attached hydrogen (secondary N) is 2. The molecule has 0 aliphatic carbocycles. The fourth-order valence-electron chi connectivity index (χ4n) is 4.21. The first kappa shape index (κ1) is 24.6. The zero-order valence-corrected chi connectivity index (χ0v) is 20.9. The third-order valence-corrected chi connectivity index (χ3v) is 7.78. The topological polar surface area (TPSA) is 95.6 Å². The number of carbonyl (C=O) groups excluding carboxylic acids is 2. The van der Waals surface area contributed by atoms with Crippen molar-refractivity contribution in [2.45, 2.75) is 44.6 Å². The van der Waals surface area contributed by atoms with E-state index in [1.54, 1.807) is 23.1 Å². The summed E-state index contributed by atoms with van der Waals surface area (Å²) in [6, 6.07) is 18.6. The van der Waals surface area contributed by atoms with Crippen LogP contribution in [0.25, 0.3) is 0 Å². The van der Waals surface area contributed by atoms with E-state index in [4.69, 9.17) is 0 Å². The Labute approximate surface area is 206 Å². The van der Waals surface area contributed by atoms with Crippen molar-refractivity contribution < 1.29 is 18.0 Å². The monoisotopic (exact) mass is 491 g/mol. The third-order valence-electron chi connectivity index (χ3n) is 6.31. The van der Waals surface area contributed by atoms with Crippen LogP contribution in [0, 0.1) is 13.8 Å². The molecule has 0 saturated carbocycles.